The van der Waals surface area contributed by atoms with Gasteiger partial charge in [0.15, 0.2) is 18.1 Å². The molecule has 7 heteroatoms. The molecule has 0 aromatic heterocycles. The van der Waals surface area contributed by atoms with Crippen LogP contribution in [0.4, 0.5) is 5.69 Å². The Kier molecular flexibility index (Phi) is 8.32. The van der Waals surface area contributed by atoms with E-state index < -0.39 is 0 Å². The minimum absolute atomic E-state index is 0.181. The topological polar surface area (TPSA) is 71.3 Å². The number of para-hydroxylation sites is 1. The first-order chi connectivity index (χ1) is 15.5. The van der Waals surface area contributed by atoms with Crippen LogP contribution in [0.15, 0.2) is 71.2 Å². The van der Waals surface area contributed by atoms with Crippen molar-refractivity contribution in [2.45, 2.75) is 6.92 Å². The van der Waals surface area contributed by atoms with Crippen LogP contribution in [0.1, 0.15) is 18.1 Å². The number of allylic oxidation sites excluding steroid dienone is 1. The lowest BCUT2D eigenvalue weighted by molar-refractivity contribution is -0.118. The van der Waals surface area contributed by atoms with Crippen molar-refractivity contribution in [3.8, 4) is 17.6 Å². The predicted octanol–water partition coefficient (Wildman–Crippen LogP) is 6.58. The van der Waals surface area contributed by atoms with E-state index in [9.17, 15) is 10.1 Å². The maximum absolute atomic E-state index is 12.2. The molecule has 0 radical (unpaired) electrons. The highest BCUT2D eigenvalue weighted by Crippen LogP contribution is 2.36. The van der Waals surface area contributed by atoms with Crippen LogP contribution in [-0.2, 0) is 4.79 Å². The molecule has 0 spiro atoms. The lowest BCUT2D eigenvalue weighted by atomic mass is 10.0. The van der Waals surface area contributed by atoms with Crippen LogP contribution in [0, 0.1) is 11.3 Å². The van der Waals surface area contributed by atoms with Gasteiger partial charge in [-0.15, -0.1) is 0 Å². The first-order valence-corrected chi connectivity index (χ1v) is 11.0. The largest absolute Gasteiger partial charge is 0.490 e. The van der Waals surface area contributed by atoms with Crippen LogP contribution in [-0.4, -0.2) is 19.1 Å². The van der Waals surface area contributed by atoms with Gasteiger partial charge in [0.05, 0.1) is 18.2 Å². The summed E-state index contributed by atoms with van der Waals surface area (Å²) in [6.45, 7) is 2.08. The molecule has 1 N–H and O–H groups in total. The quantitative estimate of drug-likeness (QED) is 0.274. The molecule has 3 rings (SSSR count). The van der Waals surface area contributed by atoms with Crippen molar-refractivity contribution in [3.63, 3.8) is 0 Å². The normalized spacial score (nSPS) is 10.9. The maximum atomic E-state index is 12.2. The molecule has 3 aromatic carbocycles. The van der Waals surface area contributed by atoms with Gasteiger partial charge in [0.2, 0.25) is 0 Å². The smallest absolute Gasteiger partial charge is 0.262 e. The molecule has 5 nitrogen and oxygen atoms in total. The second-order valence-electron chi connectivity index (χ2n) is 6.61. The Morgan fingerprint density at radius 2 is 1.78 bits per heavy atom. The molecule has 0 atom stereocenters. The Labute approximate surface area is 200 Å². The number of rotatable bonds is 8. The van der Waals surface area contributed by atoms with E-state index in [1.54, 1.807) is 42.5 Å². The van der Waals surface area contributed by atoms with Crippen LogP contribution < -0.4 is 14.8 Å². The summed E-state index contributed by atoms with van der Waals surface area (Å²) in [5.74, 6) is 0.588. The Balaban J connectivity index is 1.83. The van der Waals surface area contributed by atoms with E-state index in [1.807, 2.05) is 37.3 Å². The number of nitrogens with zero attached hydrogens (tertiary/aromatic N) is 1. The summed E-state index contributed by atoms with van der Waals surface area (Å²) < 4.78 is 12.1. The van der Waals surface area contributed by atoms with Crippen molar-refractivity contribution < 1.29 is 14.3 Å². The third kappa shape index (κ3) is 6.13. The van der Waals surface area contributed by atoms with Crippen molar-refractivity contribution in [2.75, 3.05) is 18.5 Å². The molecule has 162 valence electrons. The third-order valence-electron chi connectivity index (χ3n) is 4.36. The summed E-state index contributed by atoms with van der Waals surface area (Å²) in [6, 6.07) is 22.0. The molecule has 0 aliphatic carbocycles. The monoisotopic (exact) mass is 510 g/mol. The first kappa shape index (κ1) is 23.4. The van der Waals surface area contributed by atoms with E-state index in [4.69, 9.17) is 21.1 Å². The van der Waals surface area contributed by atoms with Gasteiger partial charge in [-0.3, -0.25) is 4.79 Å². The molecule has 0 heterocycles. The average Bonchev–Trinajstić information content (AvgIpc) is 2.79. The number of benzene rings is 3. The van der Waals surface area contributed by atoms with Gasteiger partial charge in [-0.05, 0) is 48.9 Å². The number of halogens is 2. The first-order valence-electron chi connectivity index (χ1n) is 9.82. The molecular formula is C25H20BrClN2O3. The van der Waals surface area contributed by atoms with Crippen molar-refractivity contribution >= 4 is 50.8 Å². The molecule has 0 unspecified atom stereocenters. The van der Waals surface area contributed by atoms with Crippen molar-refractivity contribution in [3.05, 3.63) is 87.4 Å². The van der Waals surface area contributed by atoms with E-state index in [1.165, 1.54) is 0 Å². The molecule has 1 amide bonds. The minimum Gasteiger partial charge on any atom is -0.490 e. The van der Waals surface area contributed by atoms with Crippen molar-refractivity contribution in [1.82, 2.24) is 0 Å². The summed E-state index contributed by atoms with van der Waals surface area (Å²) in [5.41, 5.74) is 2.46. The van der Waals surface area contributed by atoms with E-state index in [-0.39, 0.29) is 12.5 Å². The van der Waals surface area contributed by atoms with Crippen LogP contribution >= 0.6 is 27.5 Å². The predicted molar refractivity (Wildman–Crippen MR) is 131 cm³/mol. The number of amides is 1. The molecule has 3 aromatic rings. The summed E-state index contributed by atoms with van der Waals surface area (Å²) in [7, 11) is 0. The van der Waals surface area contributed by atoms with Gasteiger partial charge < -0.3 is 14.8 Å². The molecular weight excluding hydrogens is 492 g/mol. The Morgan fingerprint density at radius 3 is 2.47 bits per heavy atom. The average molecular weight is 512 g/mol. The van der Waals surface area contributed by atoms with Crippen LogP contribution in [0.5, 0.6) is 11.5 Å². The fourth-order valence-corrected chi connectivity index (χ4v) is 3.58. The highest BCUT2D eigenvalue weighted by Gasteiger charge is 2.14. The van der Waals surface area contributed by atoms with Gasteiger partial charge >= 0.3 is 0 Å². The summed E-state index contributed by atoms with van der Waals surface area (Å²) in [5, 5.41) is 12.9. The molecule has 0 aliphatic heterocycles. The lowest BCUT2D eigenvalue weighted by Gasteiger charge is -2.14. The lowest BCUT2D eigenvalue weighted by Crippen LogP contribution is -2.20. The van der Waals surface area contributed by atoms with Gasteiger partial charge in [-0.25, -0.2) is 0 Å². The van der Waals surface area contributed by atoms with Gasteiger partial charge in [0, 0.05) is 20.7 Å². The summed E-state index contributed by atoms with van der Waals surface area (Å²) in [6.07, 6.45) is 1.72. The van der Waals surface area contributed by atoms with E-state index in [0.29, 0.717) is 50.0 Å². The number of carbonyl (C=O) groups excluding carboxylic acids is 1. The minimum atomic E-state index is -0.288. The number of carbonyl (C=O) groups is 1. The number of anilines is 1. The SMILES string of the molecule is CCOc1cc(C=C(C#N)c2ccccc2Cl)c(Br)cc1OCC(=O)Nc1ccccc1. The highest BCUT2D eigenvalue weighted by atomic mass is 79.9. The van der Waals surface area contributed by atoms with Crippen molar-refractivity contribution in [2.24, 2.45) is 0 Å². The van der Waals surface area contributed by atoms with E-state index in [0.717, 1.165) is 0 Å². The van der Waals surface area contributed by atoms with E-state index >= 15 is 0 Å². The number of nitrogens with one attached hydrogen (secondary N) is 1. The van der Waals surface area contributed by atoms with Crippen LogP contribution in [0.25, 0.3) is 11.6 Å². The van der Waals surface area contributed by atoms with E-state index in [2.05, 4.69) is 27.3 Å². The second-order valence-corrected chi connectivity index (χ2v) is 7.87. The van der Waals surface area contributed by atoms with Gasteiger partial charge in [-0.1, -0.05) is 63.9 Å². The van der Waals surface area contributed by atoms with Gasteiger partial charge in [0.1, 0.15) is 0 Å². The number of nitriles is 1. The van der Waals surface area contributed by atoms with Gasteiger partial charge in [-0.2, -0.15) is 5.26 Å². The number of hydrogen-bond acceptors (Lipinski definition) is 4. The Morgan fingerprint density at radius 1 is 1.09 bits per heavy atom. The zero-order chi connectivity index (χ0) is 22.9. The fourth-order valence-electron chi connectivity index (χ4n) is 2.91. The molecule has 0 fully saturated rings. The molecule has 0 aliphatic rings. The standard InChI is InChI=1S/C25H20BrClN2O3/c1-2-31-23-13-17(12-18(15-28)20-10-6-7-11-22(20)27)21(26)14-24(23)32-16-25(30)29-19-8-4-3-5-9-19/h3-14H,2,16H2,1H3,(H,29,30). The number of hydrogen-bond donors (Lipinski definition) is 1. The molecule has 32 heavy (non-hydrogen) atoms. The van der Waals surface area contributed by atoms with Gasteiger partial charge in [0.25, 0.3) is 5.91 Å². The Hall–Kier alpha value is -3.27. The van der Waals surface area contributed by atoms with Crippen LogP contribution in [0.2, 0.25) is 5.02 Å². The maximum Gasteiger partial charge on any atom is 0.262 e. The second kappa shape index (κ2) is 11.4. The highest BCUT2D eigenvalue weighted by molar-refractivity contribution is 9.10. The molecule has 0 bridgehead atoms. The Bertz CT molecular complexity index is 1170. The number of ether oxygens (including phenoxy) is 2. The summed E-state index contributed by atoms with van der Waals surface area (Å²) in [4.78, 5) is 12.2. The van der Waals surface area contributed by atoms with Crippen LogP contribution in [0.3, 0.4) is 0 Å². The third-order valence-corrected chi connectivity index (χ3v) is 5.38. The fraction of sp³-hybridized carbons (Fsp3) is 0.120. The molecule has 0 saturated heterocycles. The zero-order valence-corrected chi connectivity index (χ0v) is 19.6. The molecule has 0 saturated carbocycles. The zero-order valence-electron chi connectivity index (χ0n) is 17.3. The summed E-state index contributed by atoms with van der Waals surface area (Å²) >= 11 is 9.77. The van der Waals surface area contributed by atoms with Crippen molar-refractivity contribution in [1.29, 1.82) is 5.26 Å².